The van der Waals surface area contributed by atoms with E-state index in [0.29, 0.717) is 10.1 Å². The van der Waals surface area contributed by atoms with E-state index in [9.17, 15) is 8.42 Å². The highest BCUT2D eigenvalue weighted by molar-refractivity contribution is 7.89. The van der Waals surface area contributed by atoms with Crippen LogP contribution in [0.3, 0.4) is 0 Å². The van der Waals surface area contributed by atoms with Crippen molar-refractivity contribution in [3.8, 4) is 0 Å². The Labute approximate surface area is 120 Å². The Balaban J connectivity index is 2.12. The zero-order valence-electron chi connectivity index (χ0n) is 9.87. The van der Waals surface area contributed by atoms with Gasteiger partial charge in [-0.2, -0.15) is 0 Å². The lowest BCUT2D eigenvalue weighted by Gasteiger charge is -2.14. The number of halogens is 1. The van der Waals surface area contributed by atoms with Crippen molar-refractivity contribution in [3.63, 3.8) is 0 Å². The molecule has 0 saturated carbocycles. The van der Waals surface area contributed by atoms with E-state index < -0.39 is 10.0 Å². The van der Waals surface area contributed by atoms with Gasteiger partial charge in [-0.3, -0.25) is 0 Å². The zero-order valence-corrected chi connectivity index (χ0v) is 12.3. The van der Waals surface area contributed by atoms with E-state index in [-0.39, 0.29) is 18.3 Å². The van der Waals surface area contributed by atoms with Crippen LogP contribution in [0.4, 0.5) is 0 Å². The molecule has 19 heavy (non-hydrogen) atoms. The van der Waals surface area contributed by atoms with Gasteiger partial charge in [-0.25, -0.2) is 13.6 Å². The maximum atomic E-state index is 10.9. The van der Waals surface area contributed by atoms with Crippen molar-refractivity contribution in [2.45, 2.75) is 6.04 Å². The number of nitrogens with two attached hydrogens (primary N) is 1. The van der Waals surface area contributed by atoms with Gasteiger partial charge in [-0.1, -0.05) is 11.6 Å². The normalized spacial score (nSPS) is 13.6. The van der Waals surface area contributed by atoms with Crippen LogP contribution in [-0.2, 0) is 10.0 Å². The van der Waals surface area contributed by atoms with Gasteiger partial charge in [0.2, 0.25) is 10.0 Å². The van der Waals surface area contributed by atoms with Crippen LogP contribution in [-0.4, -0.2) is 20.7 Å². The number of furan rings is 1. The number of thiophene rings is 1. The molecule has 0 bridgehead atoms. The van der Waals surface area contributed by atoms with Crippen molar-refractivity contribution in [2.24, 2.45) is 5.14 Å². The summed E-state index contributed by atoms with van der Waals surface area (Å²) >= 11 is 7.33. The van der Waals surface area contributed by atoms with Crippen molar-refractivity contribution >= 4 is 33.0 Å². The lowest BCUT2D eigenvalue weighted by atomic mass is 10.2. The first-order chi connectivity index (χ1) is 8.96. The molecule has 0 saturated heterocycles. The van der Waals surface area contributed by atoms with E-state index in [1.54, 1.807) is 18.4 Å². The maximum absolute atomic E-state index is 10.9. The first kappa shape index (κ1) is 14.5. The van der Waals surface area contributed by atoms with Crippen LogP contribution in [0.25, 0.3) is 0 Å². The molecule has 0 aromatic carbocycles. The summed E-state index contributed by atoms with van der Waals surface area (Å²) in [6.45, 7) is 0.236. The van der Waals surface area contributed by atoms with Gasteiger partial charge in [0.1, 0.15) is 11.8 Å². The summed E-state index contributed by atoms with van der Waals surface area (Å²) in [7, 11) is -3.48. The molecule has 3 N–H and O–H groups in total. The van der Waals surface area contributed by atoms with Gasteiger partial charge in [0.15, 0.2) is 0 Å². The van der Waals surface area contributed by atoms with Gasteiger partial charge in [-0.05, 0) is 24.3 Å². The van der Waals surface area contributed by atoms with Crippen molar-refractivity contribution in [2.75, 3.05) is 12.3 Å². The molecule has 2 aromatic heterocycles. The van der Waals surface area contributed by atoms with E-state index in [0.717, 1.165) is 4.88 Å². The lowest BCUT2D eigenvalue weighted by Crippen LogP contribution is -2.30. The molecule has 1 atom stereocenters. The van der Waals surface area contributed by atoms with Crippen LogP contribution in [0.15, 0.2) is 34.9 Å². The highest BCUT2D eigenvalue weighted by Crippen LogP contribution is 2.31. The molecule has 0 aliphatic rings. The predicted molar refractivity (Wildman–Crippen MR) is 75.9 cm³/mol. The van der Waals surface area contributed by atoms with Crippen molar-refractivity contribution < 1.29 is 12.8 Å². The van der Waals surface area contributed by atoms with Gasteiger partial charge in [0.05, 0.1) is 16.4 Å². The predicted octanol–water partition coefficient (Wildman–Crippen LogP) is 1.96. The van der Waals surface area contributed by atoms with Crippen molar-refractivity contribution in [1.29, 1.82) is 0 Å². The van der Waals surface area contributed by atoms with Crippen molar-refractivity contribution in [1.82, 2.24) is 5.32 Å². The Bertz CT molecular complexity index is 622. The minimum atomic E-state index is -3.48. The number of sulfonamides is 1. The summed E-state index contributed by atoms with van der Waals surface area (Å²) in [5.74, 6) is 0.566. The minimum absolute atomic E-state index is 0.136. The molecular formula is C11H13ClN2O3S2. The topological polar surface area (TPSA) is 85.3 Å². The Hall–Kier alpha value is -0.860. The summed E-state index contributed by atoms with van der Waals surface area (Å²) in [6, 6.07) is 7.04. The van der Waals surface area contributed by atoms with E-state index in [4.69, 9.17) is 21.2 Å². The standard InChI is InChI=1S/C11H13ClN2O3S2/c12-10-4-3-9(18-10)11(8-2-1-6-17-8)14-5-7-19(13,15)16/h1-4,6,11,14H,5,7H2,(H2,13,15,16). The molecule has 2 heterocycles. The number of rotatable bonds is 6. The van der Waals surface area contributed by atoms with Gasteiger partial charge in [0.25, 0.3) is 0 Å². The molecule has 0 aliphatic carbocycles. The maximum Gasteiger partial charge on any atom is 0.210 e. The van der Waals surface area contributed by atoms with Crippen molar-refractivity contribution in [3.05, 3.63) is 45.5 Å². The summed E-state index contributed by atoms with van der Waals surface area (Å²) in [4.78, 5) is 0.953. The fourth-order valence-corrected chi connectivity index (χ4v) is 3.17. The second-order valence-electron chi connectivity index (χ2n) is 3.91. The van der Waals surface area contributed by atoms with E-state index in [1.165, 1.54) is 11.3 Å². The number of primary sulfonamides is 1. The van der Waals surface area contributed by atoms with Crippen LogP contribution in [0, 0.1) is 0 Å². The first-order valence-electron chi connectivity index (χ1n) is 5.48. The van der Waals surface area contributed by atoms with E-state index in [1.807, 2.05) is 12.1 Å². The fourth-order valence-electron chi connectivity index (χ4n) is 1.63. The van der Waals surface area contributed by atoms with Crippen LogP contribution < -0.4 is 10.5 Å². The second kappa shape index (κ2) is 6.06. The molecule has 1 unspecified atom stereocenters. The monoisotopic (exact) mass is 320 g/mol. The Morgan fingerprint density at radius 3 is 2.74 bits per heavy atom. The smallest absolute Gasteiger partial charge is 0.210 e. The van der Waals surface area contributed by atoms with E-state index in [2.05, 4.69) is 5.32 Å². The minimum Gasteiger partial charge on any atom is -0.467 e. The Morgan fingerprint density at radius 2 is 2.21 bits per heavy atom. The summed E-state index contributed by atoms with van der Waals surface area (Å²) in [5, 5.41) is 8.08. The molecule has 0 radical (unpaired) electrons. The quantitative estimate of drug-likeness (QED) is 0.852. The molecule has 2 aromatic rings. The molecule has 0 fully saturated rings. The highest BCUT2D eigenvalue weighted by atomic mass is 35.5. The summed E-state index contributed by atoms with van der Waals surface area (Å²) < 4.78 is 27.9. The highest BCUT2D eigenvalue weighted by Gasteiger charge is 2.18. The lowest BCUT2D eigenvalue weighted by molar-refractivity contribution is 0.455. The fraction of sp³-hybridized carbons (Fsp3) is 0.273. The Kier molecular flexibility index (Phi) is 4.64. The van der Waals surface area contributed by atoms with Gasteiger partial charge in [-0.15, -0.1) is 11.3 Å². The summed E-state index contributed by atoms with van der Waals surface area (Å²) in [5.41, 5.74) is 0. The third-order valence-corrected chi connectivity index (χ3v) is 4.51. The molecule has 0 spiro atoms. The van der Waals surface area contributed by atoms with Gasteiger partial charge < -0.3 is 9.73 Å². The van der Waals surface area contributed by atoms with E-state index >= 15 is 0 Å². The molecular weight excluding hydrogens is 308 g/mol. The number of hydrogen-bond acceptors (Lipinski definition) is 5. The third-order valence-electron chi connectivity index (χ3n) is 2.44. The van der Waals surface area contributed by atoms with Crippen LogP contribution in [0.2, 0.25) is 4.34 Å². The molecule has 5 nitrogen and oxygen atoms in total. The second-order valence-corrected chi connectivity index (χ2v) is 7.39. The third kappa shape index (κ3) is 4.32. The molecule has 0 aliphatic heterocycles. The van der Waals surface area contributed by atoms with Crippen LogP contribution in [0.5, 0.6) is 0 Å². The molecule has 8 heteroatoms. The van der Waals surface area contributed by atoms with Crippen LogP contribution in [0.1, 0.15) is 16.7 Å². The van der Waals surface area contributed by atoms with Gasteiger partial charge >= 0.3 is 0 Å². The molecule has 104 valence electrons. The molecule has 0 amide bonds. The first-order valence-corrected chi connectivity index (χ1v) is 8.39. The summed E-state index contributed by atoms with van der Waals surface area (Å²) in [6.07, 6.45) is 1.57. The number of hydrogen-bond donors (Lipinski definition) is 2. The molecule has 2 rings (SSSR count). The van der Waals surface area contributed by atoms with Gasteiger partial charge in [0, 0.05) is 11.4 Å². The largest absolute Gasteiger partial charge is 0.467 e. The zero-order chi connectivity index (χ0) is 13.9. The average molecular weight is 321 g/mol. The average Bonchev–Trinajstić information content (AvgIpc) is 2.94. The SMILES string of the molecule is NS(=O)(=O)CCNC(c1ccco1)c1ccc(Cl)s1. The Morgan fingerprint density at radius 1 is 1.42 bits per heavy atom. The number of nitrogens with one attached hydrogen (secondary N) is 1. The van der Waals surface area contributed by atoms with Crippen LogP contribution >= 0.6 is 22.9 Å².